The number of piperidine rings is 1. The average Bonchev–Trinajstić information content (AvgIpc) is 2.47. The van der Waals surface area contributed by atoms with E-state index in [4.69, 9.17) is 10.0 Å². The van der Waals surface area contributed by atoms with Gasteiger partial charge in [-0.3, -0.25) is 4.79 Å². The van der Waals surface area contributed by atoms with Crippen molar-refractivity contribution in [2.75, 3.05) is 19.6 Å². The highest BCUT2D eigenvalue weighted by Gasteiger charge is 2.36. The zero-order valence-corrected chi connectivity index (χ0v) is 12.8. The fourth-order valence-electron chi connectivity index (χ4n) is 3.96. The Kier molecular flexibility index (Phi) is 6.52. The predicted octanol–water partition coefficient (Wildman–Crippen LogP) is 1.45. The Morgan fingerprint density at radius 2 is 1.86 bits per heavy atom. The van der Waals surface area contributed by atoms with E-state index in [1.54, 1.807) is 0 Å². The lowest BCUT2D eigenvalue weighted by Crippen LogP contribution is -2.41. The first kappa shape index (κ1) is 16.8. The standard InChI is InChI=1S/C15H28BNO4/c18-15(19)14-10-12(6-7-16(20)21)4-5-13(14)11-17-8-2-1-3-9-17/h12-14,20-21H,1-11H2,(H,18,19)/t12?,13-,14-/m0/s1. The van der Waals surface area contributed by atoms with Crippen LogP contribution in [0.15, 0.2) is 0 Å². The minimum Gasteiger partial charge on any atom is -0.481 e. The Morgan fingerprint density at radius 3 is 2.48 bits per heavy atom. The van der Waals surface area contributed by atoms with Gasteiger partial charge in [0.05, 0.1) is 5.92 Å². The number of rotatable bonds is 6. The molecule has 0 bridgehead atoms. The largest absolute Gasteiger partial charge is 0.481 e. The van der Waals surface area contributed by atoms with Gasteiger partial charge in [-0.2, -0.15) is 0 Å². The molecule has 1 heterocycles. The predicted molar refractivity (Wildman–Crippen MR) is 81.9 cm³/mol. The molecule has 1 aliphatic heterocycles. The lowest BCUT2D eigenvalue weighted by atomic mass is 9.69. The fourth-order valence-corrected chi connectivity index (χ4v) is 3.96. The van der Waals surface area contributed by atoms with Gasteiger partial charge in [-0.1, -0.05) is 19.3 Å². The molecule has 120 valence electrons. The number of likely N-dealkylation sites (tertiary alicyclic amines) is 1. The number of hydrogen-bond donors (Lipinski definition) is 3. The summed E-state index contributed by atoms with van der Waals surface area (Å²) in [7, 11) is -1.26. The number of carbonyl (C=O) groups is 1. The van der Waals surface area contributed by atoms with Crippen LogP contribution in [0, 0.1) is 17.8 Å². The van der Waals surface area contributed by atoms with Crippen LogP contribution in [0.25, 0.3) is 0 Å². The van der Waals surface area contributed by atoms with Gasteiger partial charge >= 0.3 is 13.1 Å². The van der Waals surface area contributed by atoms with Crippen LogP contribution in [0.5, 0.6) is 0 Å². The van der Waals surface area contributed by atoms with Crippen LogP contribution in [-0.4, -0.2) is 52.8 Å². The van der Waals surface area contributed by atoms with E-state index in [1.165, 1.54) is 19.3 Å². The van der Waals surface area contributed by atoms with Crippen LogP contribution in [0.3, 0.4) is 0 Å². The summed E-state index contributed by atoms with van der Waals surface area (Å²) in [5.41, 5.74) is 0. The van der Waals surface area contributed by atoms with Gasteiger partial charge < -0.3 is 20.1 Å². The van der Waals surface area contributed by atoms with Crippen molar-refractivity contribution in [3.05, 3.63) is 0 Å². The summed E-state index contributed by atoms with van der Waals surface area (Å²) in [4.78, 5) is 14.0. The van der Waals surface area contributed by atoms with Crippen molar-refractivity contribution in [1.29, 1.82) is 0 Å². The molecule has 21 heavy (non-hydrogen) atoms. The summed E-state index contributed by atoms with van der Waals surface area (Å²) in [5, 5.41) is 27.4. The summed E-state index contributed by atoms with van der Waals surface area (Å²) in [6.07, 6.45) is 7.53. The van der Waals surface area contributed by atoms with Crippen LogP contribution in [0.1, 0.15) is 44.9 Å². The van der Waals surface area contributed by atoms with Crippen molar-refractivity contribution in [1.82, 2.24) is 4.90 Å². The van der Waals surface area contributed by atoms with Gasteiger partial charge in [-0.05, 0) is 56.9 Å². The summed E-state index contributed by atoms with van der Waals surface area (Å²) >= 11 is 0. The fraction of sp³-hybridized carbons (Fsp3) is 0.933. The molecule has 1 aliphatic carbocycles. The molecule has 2 aliphatic rings. The van der Waals surface area contributed by atoms with E-state index in [1.807, 2.05) is 0 Å². The second-order valence-electron chi connectivity index (χ2n) is 6.80. The normalized spacial score (nSPS) is 31.0. The molecule has 3 N–H and O–H groups in total. The number of aliphatic carboxylic acids is 1. The molecule has 1 saturated carbocycles. The maximum absolute atomic E-state index is 11.6. The molecule has 0 aromatic carbocycles. The lowest BCUT2D eigenvalue weighted by Gasteiger charge is -2.38. The molecule has 0 radical (unpaired) electrons. The number of hydrogen-bond acceptors (Lipinski definition) is 4. The maximum Gasteiger partial charge on any atom is 0.451 e. The molecule has 2 fully saturated rings. The first-order chi connectivity index (χ1) is 10.1. The van der Waals surface area contributed by atoms with Gasteiger partial charge in [0.1, 0.15) is 0 Å². The number of nitrogens with zero attached hydrogens (tertiary/aromatic N) is 1. The minimum absolute atomic E-state index is 0.260. The van der Waals surface area contributed by atoms with Crippen LogP contribution < -0.4 is 0 Å². The van der Waals surface area contributed by atoms with E-state index in [9.17, 15) is 9.90 Å². The Labute approximate surface area is 127 Å². The van der Waals surface area contributed by atoms with E-state index < -0.39 is 13.1 Å². The molecule has 0 spiro atoms. The number of carboxylic acids is 1. The summed E-state index contributed by atoms with van der Waals surface area (Å²) in [5.74, 6) is -0.353. The van der Waals surface area contributed by atoms with Gasteiger partial charge in [-0.25, -0.2) is 0 Å². The van der Waals surface area contributed by atoms with Crippen molar-refractivity contribution in [2.24, 2.45) is 17.8 Å². The van der Waals surface area contributed by atoms with Crippen LogP contribution in [0.4, 0.5) is 0 Å². The molecular weight excluding hydrogens is 269 g/mol. The highest BCUT2D eigenvalue weighted by Crippen LogP contribution is 2.37. The van der Waals surface area contributed by atoms with Crippen LogP contribution >= 0.6 is 0 Å². The number of carboxylic acid groups (broad SMARTS) is 1. The van der Waals surface area contributed by atoms with Gasteiger partial charge in [0.15, 0.2) is 0 Å². The smallest absolute Gasteiger partial charge is 0.451 e. The van der Waals surface area contributed by atoms with Crippen LogP contribution in [-0.2, 0) is 4.79 Å². The summed E-state index contributed by atoms with van der Waals surface area (Å²) in [6, 6.07) is 0. The van der Waals surface area contributed by atoms with Gasteiger partial charge in [0.2, 0.25) is 0 Å². The molecule has 0 aromatic heterocycles. The molecule has 5 nitrogen and oxygen atoms in total. The van der Waals surface area contributed by atoms with Crippen molar-refractivity contribution in [3.8, 4) is 0 Å². The summed E-state index contributed by atoms with van der Waals surface area (Å²) < 4.78 is 0. The molecule has 1 unspecified atom stereocenters. The molecule has 0 amide bonds. The second-order valence-corrected chi connectivity index (χ2v) is 6.80. The minimum atomic E-state index is -1.26. The van der Waals surface area contributed by atoms with E-state index in [0.29, 0.717) is 18.7 Å². The monoisotopic (exact) mass is 297 g/mol. The Balaban J connectivity index is 1.85. The average molecular weight is 297 g/mol. The van der Waals surface area contributed by atoms with Crippen molar-refractivity contribution < 1.29 is 19.9 Å². The Hall–Kier alpha value is -0.585. The third kappa shape index (κ3) is 5.27. The maximum atomic E-state index is 11.6. The van der Waals surface area contributed by atoms with Crippen molar-refractivity contribution >= 4 is 13.1 Å². The molecule has 6 heteroatoms. The zero-order valence-electron chi connectivity index (χ0n) is 12.8. The van der Waals surface area contributed by atoms with Crippen molar-refractivity contribution in [3.63, 3.8) is 0 Å². The Bertz CT molecular complexity index is 334. The quantitative estimate of drug-likeness (QED) is 0.647. The molecule has 2 rings (SSSR count). The molecule has 3 atom stereocenters. The topological polar surface area (TPSA) is 81.0 Å². The third-order valence-corrected chi connectivity index (χ3v) is 5.19. The zero-order chi connectivity index (χ0) is 15.2. The van der Waals surface area contributed by atoms with Gasteiger partial charge in [0.25, 0.3) is 0 Å². The van der Waals surface area contributed by atoms with E-state index in [-0.39, 0.29) is 11.8 Å². The highest BCUT2D eigenvalue weighted by molar-refractivity contribution is 6.40. The summed E-state index contributed by atoms with van der Waals surface area (Å²) in [6.45, 7) is 3.15. The SMILES string of the molecule is O=C(O)[C@H]1CC(CCB(O)O)CC[C@H]1CN1CCCCC1. The highest BCUT2D eigenvalue weighted by atomic mass is 16.4. The van der Waals surface area contributed by atoms with E-state index in [2.05, 4.69) is 4.90 Å². The third-order valence-electron chi connectivity index (χ3n) is 5.19. The van der Waals surface area contributed by atoms with E-state index in [0.717, 1.165) is 38.9 Å². The first-order valence-electron chi connectivity index (χ1n) is 8.37. The molecular formula is C15H28BNO4. The lowest BCUT2D eigenvalue weighted by molar-refractivity contribution is -0.146. The molecule has 1 saturated heterocycles. The van der Waals surface area contributed by atoms with E-state index >= 15 is 0 Å². The van der Waals surface area contributed by atoms with Gasteiger partial charge in [0, 0.05) is 6.54 Å². The second kappa shape index (κ2) is 8.15. The first-order valence-corrected chi connectivity index (χ1v) is 8.37. The Morgan fingerprint density at radius 1 is 1.14 bits per heavy atom. The van der Waals surface area contributed by atoms with Crippen LogP contribution in [0.2, 0.25) is 6.32 Å². The van der Waals surface area contributed by atoms with Crippen molar-refractivity contribution in [2.45, 2.75) is 51.3 Å². The van der Waals surface area contributed by atoms with Gasteiger partial charge in [-0.15, -0.1) is 0 Å². The molecule has 0 aromatic rings.